The van der Waals surface area contributed by atoms with Gasteiger partial charge in [-0.05, 0) is 31.1 Å². The molecule has 1 saturated carbocycles. The quantitative estimate of drug-likeness (QED) is 0.439. The van der Waals surface area contributed by atoms with E-state index in [0.717, 1.165) is 65.5 Å². The van der Waals surface area contributed by atoms with Gasteiger partial charge < -0.3 is 31.5 Å². The van der Waals surface area contributed by atoms with Crippen LogP contribution in [0.25, 0.3) is 0 Å². The van der Waals surface area contributed by atoms with Crippen molar-refractivity contribution in [2.24, 2.45) is 5.92 Å². The number of hydrogen-bond donors (Lipinski definition) is 1. The van der Waals surface area contributed by atoms with E-state index >= 15 is 0 Å². The standard InChI is InChI=1S/C31H40N2O2.BrH/c1-2-20-33(23-24-12-6-4-3-5-7-13-24)21-18-25(19-22-33)32-31(34)30-26-14-8-10-16-28(26)35-29-17-11-9-15-27(29)30;/h2,8-11,14-17,24-25,30H,1,3-7,12-13,18-23H2;1H. The molecule has 0 spiro atoms. The van der Waals surface area contributed by atoms with Crippen LogP contribution in [-0.2, 0) is 4.79 Å². The van der Waals surface area contributed by atoms with E-state index in [1.165, 1.54) is 51.5 Å². The fraction of sp³-hybridized carbons (Fsp3) is 0.516. The number of quaternary nitrogens is 1. The van der Waals surface area contributed by atoms with Gasteiger partial charge in [0.25, 0.3) is 0 Å². The molecule has 3 aliphatic rings. The topological polar surface area (TPSA) is 38.3 Å². The SMILES string of the molecule is C=CC[N+]1(CC2CCCCCCC2)CCC(NC(=O)C2c3ccccc3Oc3ccccc32)CC1.[Br-]. The van der Waals surface area contributed by atoms with Gasteiger partial charge in [0.2, 0.25) is 5.91 Å². The number of likely N-dealkylation sites (tertiary alicyclic amines) is 1. The van der Waals surface area contributed by atoms with Crippen LogP contribution < -0.4 is 27.0 Å². The molecule has 0 atom stereocenters. The lowest BCUT2D eigenvalue weighted by Gasteiger charge is -2.45. The van der Waals surface area contributed by atoms with Crippen LogP contribution in [0, 0.1) is 5.92 Å². The number of rotatable bonds is 6. The first-order valence-electron chi connectivity index (χ1n) is 13.8. The number of piperidine rings is 1. The van der Waals surface area contributed by atoms with Gasteiger partial charge in [0.1, 0.15) is 11.5 Å². The number of fused-ring (bicyclic) bond motifs is 2. The zero-order valence-electron chi connectivity index (χ0n) is 21.5. The van der Waals surface area contributed by atoms with Gasteiger partial charge in [-0.25, -0.2) is 0 Å². The molecule has 0 aromatic heterocycles. The molecule has 0 bridgehead atoms. The van der Waals surface area contributed by atoms with Gasteiger partial charge in [-0.15, -0.1) is 0 Å². The maximum atomic E-state index is 13.7. The third kappa shape index (κ3) is 6.06. The molecule has 0 unspecified atom stereocenters. The molecule has 4 nitrogen and oxygen atoms in total. The molecule has 1 amide bonds. The third-order valence-corrected chi connectivity index (χ3v) is 8.58. The highest BCUT2D eigenvalue weighted by molar-refractivity contribution is 5.89. The normalized spacial score (nSPS) is 24.6. The van der Waals surface area contributed by atoms with E-state index < -0.39 is 0 Å². The Kier molecular flexibility index (Phi) is 9.30. The Morgan fingerprint density at radius 1 is 0.889 bits per heavy atom. The Bertz CT molecular complexity index is 977. The number of halogens is 1. The van der Waals surface area contributed by atoms with Gasteiger partial charge in [-0.3, -0.25) is 4.79 Å². The molecule has 2 fully saturated rings. The highest BCUT2D eigenvalue weighted by atomic mass is 79.9. The van der Waals surface area contributed by atoms with Gasteiger partial charge in [-0.1, -0.05) is 75.1 Å². The summed E-state index contributed by atoms with van der Waals surface area (Å²) in [6, 6.07) is 16.1. The lowest BCUT2D eigenvalue weighted by Crippen LogP contribution is -3.00. The minimum absolute atomic E-state index is 0. The van der Waals surface area contributed by atoms with E-state index in [9.17, 15) is 4.79 Å². The van der Waals surface area contributed by atoms with Crippen molar-refractivity contribution in [3.8, 4) is 11.5 Å². The van der Waals surface area contributed by atoms with Crippen LogP contribution in [0.3, 0.4) is 0 Å². The predicted molar refractivity (Wildman–Crippen MR) is 142 cm³/mol. The molecule has 2 heterocycles. The first-order valence-corrected chi connectivity index (χ1v) is 13.8. The van der Waals surface area contributed by atoms with Crippen LogP contribution in [0.5, 0.6) is 11.5 Å². The van der Waals surface area contributed by atoms with Crippen LogP contribution >= 0.6 is 0 Å². The zero-order valence-corrected chi connectivity index (χ0v) is 23.1. The summed E-state index contributed by atoms with van der Waals surface area (Å²) in [5, 5.41) is 3.44. The largest absolute Gasteiger partial charge is 1.00 e. The molecule has 2 aromatic carbocycles. The lowest BCUT2D eigenvalue weighted by atomic mass is 9.86. The van der Waals surface area contributed by atoms with Crippen LogP contribution in [0.4, 0.5) is 0 Å². The highest BCUT2D eigenvalue weighted by Gasteiger charge is 2.38. The maximum absolute atomic E-state index is 13.7. The number of amides is 1. The van der Waals surface area contributed by atoms with E-state index in [1.54, 1.807) is 0 Å². The van der Waals surface area contributed by atoms with Crippen molar-refractivity contribution >= 4 is 5.91 Å². The summed E-state index contributed by atoms with van der Waals surface area (Å²) < 4.78 is 7.26. The Balaban J connectivity index is 0.00000304. The number of hydrogen-bond acceptors (Lipinski definition) is 2. The van der Waals surface area contributed by atoms with Crippen molar-refractivity contribution < 1.29 is 31.0 Å². The Morgan fingerprint density at radius 2 is 1.44 bits per heavy atom. The number of benzene rings is 2. The van der Waals surface area contributed by atoms with Crippen LogP contribution in [0.2, 0.25) is 0 Å². The first-order chi connectivity index (χ1) is 17.2. The Labute approximate surface area is 227 Å². The lowest BCUT2D eigenvalue weighted by molar-refractivity contribution is -0.930. The molecular formula is C31H41BrN2O2. The summed E-state index contributed by atoms with van der Waals surface area (Å²) in [6.07, 6.45) is 14.0. The summed E-state index contributed by atoms with van der Waals surface area (Å²) in [7, 11) is 0. The molecule has 194 valence electrons. The number of nitrogens with zero attached hydrogens (tertiary/aromatic N) is 1. The summed E-state index contributed by atoms with van der Waals surface area (Å²) in [6.45, 7) is 8.71. The molecule has 5 rings (SSSR count). The second kappa shape index (κ2) is 12.4. The molecular weight excluding hydrogens is 512 g/mol. The minimum atomic E-state index is -0.319. The first kappa shape index (κ1) is 26.9. The molecule has 0 radical (unpaired) electrons. The van der Waals surface area contributed by atoms with E-state index in [0.29, 0.717) is 0 Å². The van der Waals surface area contributed by atoms with Gasteiger partial charge in [-0.2, -0.15) is 0 Å². The number of ether oxygens (including phenoxy) is 1. The highest BCUT2D eigenvalue weighted by Crippen LogP contribution is 2.44. The van der Waals surface area contributed by atoms with E-state index in [4.69, 9.17) is 4.74 Å². The van der Waals surface area contributed by atoms with E-state index in [2.05, 4.69) is 18.0 Å². The molecule has 1 aliphatic carbocycles. The van der Waals surface area contributed by atoms with Gasteiger partial charge in [0, 0.05) is 35.9 Å². The predicted octanol–water partition coefficient (Wildman–Crippen LogP) is 3.57. The van der Waals surface area contributed by atoms with Gasteiger partial charge >= 0.3 is 0 Å². The van der Waals surface area contributed by atoms with Crippen molar-refractivity contribution in [3.05, 3.63) is 72.3 Å². The molecule has 1 saturated heterocycles. The summed E-state index contributed by atoms with van der Waals surface area (Å²) in [5.74, 6) is 2.20. The van der Waals surface area contributed by atoms with E-state index in [1.807, 2.05) is 48.5 Å². The summed E-state index contributed by atoms with van der Waals surface area (Å²) in [4.78, 5) is 13.7. The van der Waals surface area contributed by atoms with Gasteiger partial charge in [0.05, 0.1) is 32.1 Å². The van der Waals surface area contributed by atoms with Crippen molar-refractivity contribution in [1.82, 2.24) is 5.32 Å². The smallest absolute Gasteiger partial charge is 0.232 e. The third-order valence-electron chi connectivity index (χ3n) is 8.58. The fourth-order valence-corrected chi connectivity index (χ4v) is 6.72. The second-order valence-corrected chi connectivity index (χ2v) is 11.0. The monoisotopic (exact) mass is 552 g/mol. The average Bonchev–Trinajstić information content (AvgIpc) is 2.86. The number of carbonyl (C=O) groups excluding carboxylic acids is 1. The Hall–Kier alpha value is -2.11. The van der Waals surface area contributed by atoms with Crippen molar-refractivity contribution in [3.63, 3.8) is 0 Å². The minimum Gasteiger partial charge on any atom is -1.00 e. The molecule has 2 aromatic rings. The fourth-order valence-electron chi connectivity index (χ4n) is 6.72. The van der Waals surface area contributed by atoms with Crippen molar-refractivity contribution in [2.75, 3.05) is 26.2 Å². The number of para-hydroxylation sites is 2. The molecule has 5 heteroatoms. The number of nitrogens with one attached hydrogen (secondary N) is 1. The van der Waals surface area contributed by atoms with Crippen molar-refractivity contribution in [1.29, 1.82) is 0 Å². The summed E-state index contributed by atoms with van der Waals surface area (Å²) in [5.41, 5.74) is 1.92. The summed E-state index contributed by atoms with van der Waals surface area (Å²) >= 11 is 0. The second-order valence-electron chi connectivity index (χ2n) is 11.0. The van der Waals surface area contributed by atoms with Crippen LogP contribution in [-0.4, -0.2) is 42.6 Å². The van der Waals surface area contributed by atoms with Crippen LogP contribution in [0.1, 0.15) is 74.8 Å². The number of carbonyl (C=O) groups is 1. The average molecular weight is 554 g/mol. The van der Waals surface area contributed by atoms with E-state index in [-0.39, 0.29) is 34.8 Å². The van der Waals surface area contributed by atoms with Crippen LogP contribution in [0.15, 0.2) is 61.2 Å². The van der Waals surface area contributed by atoms with Gasteiger partial charge in [0.15, 0.2) is 0 Å². The molecule has 2 aliphatic heterocycles. The maximum Gasteiger partial charge on any atom is 0.232 e. The Morgan fingerprint density at radius 3 is 2.03 bits per heavy atom. The van der Waals surface area contributed by atoms with Crippen molar-refractivity contribution in [2.45, 2.75) is 69.7 Å². The molecule has 1 N–H and O–H groups in total. The zero-order chi connectivity index (χ0) is 24.1. The molecule has 36 heavy (non-hydrogen) atoms.